The Kier molecular flexibility index (Phi) is 6.37. The monoisotopic (exact) mass is 471 g/mol. The number of hydrogen-bond acceptors (Lipinski definition) is 4. The van der Waals surface area contributed by atoms with Crippen LogP contribution >= 0.6 is 11.3 Å². The van der Waals surface area contributed by atoms with Crippen molar-refractivity contribution in [3.8, 4) is 16.3 Å². The summed E-state index contributed by atoms with van der Waals surface area (Å²) in [6.45, 7) is 2.26. The van der Waals surface area contributed by atoms with Crippen molar-refractivity contribution in [2.45, 2.75) is 32.5 Å². The van der Waals surface area contributed by atoms with Crippen LogP contribution in [0.25, 0.3) is 20.8 Å². The first-order valence-electron chi connectivity index (χ1n) is 10.2. The second-order valence-electron chi connectivity index (χ2n) is 7.67. The summed E-state index contributed by atoms with van der Waals surface area (Å²) in [5.74, 6) is -0.135. The van der Waals surface area contributed by atoms with Gasteiger partial charge in [-0.3, -0.25) is 4.79 Å². The molecular formula is C25H20F3NO3S. The molecule has 0 radical (unpaired) electrons. The molecule has 33 heavy (non-hydrogen) atoms. The minimum absolute atomic E-state index is 0.0865. The Balaban J connectivity index is 1.45. The Hall–Kier alpha value is -3.39. The Morgan fingerprint density at radius 2 is 1.82 bits per heavy atom. The summed E-state index contributed by atoms with van der Waals surface area (Å²) in [7, 11) is 0. The second kappa shape index (κ2) is 9.23. The third kappa shape index (κ3) is 5.51. The van der Waals surface area contributed by atoms with Crippen molar-refractivity contribution in [3.63, 3.8) is 0 Å². The van der Waals surface area contributed by atoms with E-state index in [0.717, 1.165) is 39.0 Å². The zero-order valence-electron chi connectivity index (χ0n) is 17.6. The molecule has 1 N–H and O–H groups in total. The molecule has 0 aliphatic heterocycles. The molecule has 8 heteroatoms. The van der Waals surface area contributed by atoms with Crippen LogP contribution in [0.5, 0.6) is 5.75 Å². The maximum atomic E-state index is 12.8. The largest absolute Gasteiger partial charge is 0.489 e. The highest BCUT2D eigenvalue weighted by atomic mass is 32.1. The average molecular weight is 472 g/mol. The summed E-state index contributed by atoms with van der Waals surface area (Å²) in [6, 6.07) is 16.4. The Morgan fingerprint density at radius 3 is 2.48 bits per heavy atom. The number of aliphatic carboxylic acids is 1. The van der Waals surface area contributed by atoms with Gasteiger partial charge in [-0.2, -0.15) is 13.2 Å². The highest BCUT2D eigenvalue weighted by Gasteiger charge is 2.30. The van der Waals surface area contributed by atoms with Crippen LogP contribution in [0.2, 0.25) is 0 Å². The maximum absolute atomic E-state index is 12.8. The Morgan fingerprint density at radius 1 is 1.06 bits per heavy atom. The second-order valence-corrected chi connectivity index (χ2v) is 8.70. The van der Waals surface area contributed by atoms with Crippen molar-refractivity contribution in [3.05, 3.63) is 82.9 Å². The van der Waals surface area contributed by atoms with Crippen molar-refractivity contribution in [1.29, 1.82) is 0 Å². The molecule has 0 aliphatic carbocycles. The third-order valence-corrected chi connectivity index (χ3v) is 6.32. The third-order valence-electron chi connectivity index (χ3n) is 5.24. The van der Waals surface area contributed by atoms with Gasteiger partial charge in [0.15, 0.2) is 0 Å². The Bertz CT molecular complexity index is 1300. The van der Waals surface area contributed by atoms with Crippen molar-refractivity contribution >= 4 is 27.5 Å². The molecule has 1 heterocycles. The van der Waals surface area contributed by atoms with Crippen LogP contribution in [0.3, 0.4) is 0 Å². The molecule has 0 saturated carbocycles. The number of benzene rings is 3. The minimum Gasteiger partial charge on any atom is -0.489 e. The van der Waals surface area contributed by atoms with Crippen LogP contribution in [-0.4, -0.2) is 16.1 Å². The molecule has 0 spiro atoms. The molecule has 0 saturated heterocycles. The molecular weight excluding hydrogens is 451 g/mol. The van der Waals surface area contributed by atoms with Gasteiger partial charge in [0.25, 0.3) is 0 Å². The predicted octanol–water partition coefficient (Wildman–Crippen LogP) is 6.89. The van der Waals surface area contributed by atoms with Gasteiger partial charge < -0.3 is 9.84 Å². The molecule has 0 aliphatic rings. The van der Waals surface area contributed by atoms with Crippen LogP contribution in [0.15, 0.2) is 60.7 Å². The quantitative estimate of drug-likeness (QED) is 0.319. The van der Waals surface area contributed by atoms with E-state index in [9.17, 15) is 18.0 Å². The number of halogens is 3. The van der Waals surface area contributed by atoms with Gasteiger partial charge >= 0.3 is 12.1 Å². The molecule has 1 aromatic heterocycles. The first-order chi connectivity index (χ1) is 15.7. The summed E-state index contributed by atoms with van der Waals surface area (Å²) in [5.41, 5.74) is 3.59. The first-order valence-corrected chi connectivity index (χ1v) is 11.0. The number of ether oxygens (including phenoxy) is 1. The van der Waals surface area contributed by atoms with E-state index < -0.39 is 17.7 Å². The number of alkyl halides is 3. The number of hydrogen-bond donors (Lipinski definition) is 1. The van der Waals surface area contributed by atoms with E-state index in [2.05, 4.69) is 4.98 Å². The van der Waals surface area contributed by atoms with Crippen LogP contribution in [0, 0.1) is 6.92 Å². The van der Waals surface area contributed by atoms with E-state index in [1.807, 2.05) is 43.3 Å². The van der Waals surface area contributed by atoms with E-state index in [4.69, 9.17) is 9.84 Å². The lowest BCUT2D eigenvalue weighted by Gasteiger charge is -2.10. The maximum Gasteiger partial charge on any atom is 0.416 e. The molecule has 0 unspecified atom stereocenters. The van der Waals surface area contributed by atoms with Gasteiger partial charge in [0.2, 0.25) is 0 Å². The normalized spacial score (nSPS) is 11.6. The van der Waals surface area contributed by atoms with Gasteiger partial charge in [0, 0.05) is 12.0 Å². The zero-order chi connectivity index (χ0) is 23.6. The van der Waals surface area contributed by atoms with Gasteiger partial charge in [-0.25, -0.2) is 4.98 Å². The van der Waals surface area contributed by atoms with E-state index in [0.29, 0.717) is 29.3 Å². The summed E-state index contributed by atoms with van der Waals surface area (Å²) >= 11 is 1.42. The van der Waals surface area contributed by atoms with Crippen molar-refractivity contribution < 1.29 is 27.8 Å². The highest BCUT2D eigenvalue weighted by molar-refractivity contribution is 7.21. The van der Waals surface area contributed by atoms with E-state index in [-0.39, 0.29) is 6.42 Å². The molecule has 0 bridgehead atoms. The van der Waals surface area contributed by atoms with E-state index >= 15 is 0 Å². The number of nitrogens with zero attached hydrogens (tertiary/aromatic N) is 1. The predicted molar refractivity (Wildman–Crippen MR) is 122 cm³/mol. The Labute approximate surface area is 192 Å². The van der Waals surface area contributed by atoms with Gasteiger partial charge in [-0.1, -0.05) is 24.3 Å². The fourth-order valence-corrected chi connectivity index (χ4v) is 4.39. The topological polar surface area (TPSA) is 59.4 Å². The lowest BCUT2D eigenvalue weighted by Crippen LogP contribution is -2.03. The van der Waals surface area contributed by atoms with E-state index in [1.165, 1.54) is 23.5 Å². The van der Waals surface area contributed by atoms with E-state index in [1.54, 1.807) is 0 Å². The fraction of sp³-hybridized carbons (Fsp3) is 0.200. The molecule has 3 aromatic carbocycles. The number of carboxylic acids is 1. The van der Waals surface area contributed by atoms with Gasteiger partial charge in [-0.05, 0) is 66.4 Å². The first kappa shape index (κ1) is 22.8. The van der Waals surface area contributed by atoms with Gasteiger partial charge in [-0.15, -0.1) is 11.3 Å². The van der Waals surface area contributed by atoms with Crippen LogP contribution in [0.4, 0.5) is 13.2 Å². The molecule has 4 nitrogen and oxygen atoms in total. The SMILES string of the molecule is Cc1cc(OCc2ccc3sc(-c4ccc(C(F)(F)F)cc4)nc3c2)ccc1CCC(=O)O. The van der Waals surface area contributed by atoms with Crippen molar-refractivity contribution in [2.24, 2.45) is 0 Å². The number of carbonyl (C=O) groups is 1. The van der Waals surface area contributed by atoms with Crippen molar-refractivity contribution in [1.82, 2.24) is 4.98 Å². The summed E-state index contributed by atoms with van der Waals surface area (Å²) < 4.78 is 45.2. The molecule has 170 valence electrons. The molecule has 0 atom stereocenters. The number of carboxylic acid groups (broad SMARTS) is 1. The fourth-order valence-electron chi connectivity index (χ4n) is 3.43. The minimum atomic E-state index is -4.36. The van der Waals surface area contributed by atoms with Gasteiger partial charge in [0.1, 0.15) is 17.4 Å². The lowest BCUT2D eigenvalue weighted by molar-refractivity contribution is -0.138. The standard InChI is InChI=1S/C25H20F3NO3S/c1-15-12-20(9-5-17(15)6-11-23(30)31)32-14-16-2-10-22-21(13-16)29-24(33-22)18-3-7-19(8-4-18)25(26,27)28/h2-5,7-10,12-13H,6,11,14H2,1H3,(H,30,31). The number of rotatable bonds is 7. The summed E-state index contributed by atoms with van der Waals surface area (Å²) in [6.07, 6.45) is -3.80. The van der Waals surface area contributed by atoms with Gasteiger partial charge in [0.05, 0.1) is 15.8 Å². The smallest absolute Gasteiger partial charge is 0.416 e. The molecule has 4 aromatic rings. The average Bonchev–Trinajstić information content (AvgIpc) is 3.20. The van der Waals surface area contributed by atoms with Crippen molar-refractivity contribution in [2.75, 3.05) is 0 Å². The van der Waals surface area contributed by atoms with Crippen LogP contribution in [0.1, 0.15) is 28.7 Å². The molecule has 4 rings (SSSR count). The molecule has 0 amide bonds. The number of aryl methyl sites for hydroxylation is 2. The van der Waals surface area contributed by atoms with Crippen LogP contribution in [-0.2, 0) is 24.0 Å². The molecule has 0 fully saturated rings. The number of thiazole rings is 1. The van der Waals surface area contributed by atoms with Crippen LogP contribution < -0.4 is 4.74 Å². The highest BCUT2D eigenvalue weighted by Crippen LogP contribution is 2.34. The summed E-state index contributed by atoms with van der Waals surface area (Å²) in [5, 5.41) is 9.50. The summed E-state index contributed by atoms with van der Waals surface area (Å²) in [4.78, 5) is 15.3. The number of aromatic nitrogens is 1. The number of fused-ring (bicyclic) bond motifs is 1. The lowest BCUT2D eigenvalue weighted by atomic mass is 10.0. The zero-order valence-corrected chi connectivity index (χ0v) is 18.5.